The van der Waals surface area contributed by atoms with Crippen molar-refractivity contribution in [1.82, 2.24) is 0 Å². The molecule has 0 saturated heterocycles. The maximum atomic E-state index is 3.33. The van der Waals surface area contributed by atoms with E-state index in [4.69, 9.17) is 0 Å². The third kappa shape index (κ3) is 0.624. The molecule has 0 nitrogen and oxygen atoms in total. The molecule has 41 rings (SSSR count). The molecule has 0 heteroatoms. The van der Waals surface area contributed by atoms with Crippen molar-refractivity contribution in [2.24, 2.45) is 309 Å². The summed E-state index contributed by atoms with van der Waals surface area (Å²) < 4.78 is 0. The first-order chi connectivity index (χ1) is 33.5. The standard InChI is InChI=1S/C69H58/c1-9-19-10-11-41-15(2)12-18-13-20-22-14-21-25-28-30-29-27-24-16(3)37(5)39(7)40(8)38(6)17(4)42(19)35-36-52(41)46-32(41)23(18)33(46)45-26(20)34-43(22)31(21)44(25)48(28)50(30)51(29)49(27)47(24,37)57(39)58(40)56(38,42)54(35)55(36)61(52)60(45,46)66-53(34,45)59(43,44)62(48,66)65(50)64(51)63(49,57)67(54,58)68(55,64)69(61,65)66/h15-36H,9-14H2,1-8H3/t15?,16?,17-,18?,19?,20?,21?,22?,23?,24?,25?,26?,27?,28?,29?,30?,31?,32?,33?,34?,35-,36+,37+,38?,39?,40-,41?,42?,43?,44?,45?,46?,47?,48?,49+,50?,51+,52?,53?,54?,55?,56?,57?,58?,59?,60?,61?,62?,63?,64?,65?,66?,67+,68-,69?/m0/s1. The summed E-state index contributed by atoms with van der Waals surface area (Å²) in [5.41, 5.74) is 31.3. The van der Waals surface area contributed by atoms with Crippen molar-refractivity contribution in [2.75, 3.05) is 0 Å². The van der Waals surface area contributed by atoms with Crippen LogP contribution in [0.3, 0.4) is 0 Å². The third-order valence-electron chi connectivity index (χ3n) is 56.0. The van der Waals surface area contributed by atoms with Gasteiger partial charge in [-0.1, -0.05) is 61.8 Å². The predicted molar refractivity (Wildman–Crippen MR) is 230 cm³/mol. The van der Waals surface area contributed by atoms with Gasteiger partial charge in [-0.05, 0) is 341 Å². The second-order valence-electron chi connectivity index (χ2n) is 42.5. The van der Waals surface area contributed by atoms with Crippen molar-refractivity contribution in [3.05, 3.63) is 0 Å². The van der Waals surface area contributed by atoms with Crippen LogP contribution in [0.15, 0.2) is 0 Å². The van der Waals surface area contributed by atoms with Crippen LogP contribution in [0.25, 0.3) is 0 Å². The summed E-state index contributed by atoms with van der Waals surface area (Å²) in [6.45, 7) is 25.4. The normalized spacial score (nSPS) is 129. The maximum Gasteiger partial charge on any atom is -0.0000605 e. The Morgan fingerprint density at radius 2 is 1.10 bits per heavy atom. The number of rotatable bonds is 1. The SMILES string of the molecule is CCC1CCC23C(C)CC4CC5C6CC7C8C9C%10C%11C%12C%13C(C)[C@]%14(C)C%15(C)C%16%17C%13%14[C@]%12%13C%16%12C%14%16C%18%19C%20%21C9(C89C7C67C6C5C58C%22C4C2C%222C34[C@H]3[C@H]%22C1%23[C@@H](C)C1(C)C%23%24C%22%23C3%22C43C52C%20(C68C79%21)C3%18[C@@]%22%14[C@@]%23%12C%24%17[C@@]1%15C)C%10%19[C@]%11%16%13. The Labute approximate surface area is 400 Å². The molecule has 55 atom stereocenters. The molecule has 0 aromatic heterocycles. The highest BCUT2D eigenvalue weighted by atomic mass is 15.8. The van der Waals surface area contributed by atoms with Gasteiger partial charge in [0.25, 0.3) is 0 Å². The van der Waals surface area contributed by atoms with Gasteiger partial charge in [-0.15, -0.1) is 0 Å². The van der Waals surface area contributed by atoms with E-state index in [0.717, 1.165) is 181 Å². The van der Waals surface area contributed by atoms with E-state index in [1.807, 2.05) is 19.3 Å². The van der Waals surface area contributed by atoms with Crippen LogP contribution >= 0.6 is 0 Å². The third-order valence-corrected chi connectivity index (χ3v) is 56.0. The summed E-state index contributed by atoms with van der Waals surface area (Å²) in [5, 5.41) is 0. The van der Waals surface area contributed by atoms with Crippen molar-refractivity contribution in [3.8, 4) is 0 Å². The zero-order chi connectivity index (χ0) is 41.4. The van der Waals surface area contributed by atoms with E-state index >= 15 is 0 Å². The molecule has 29 spiro atoms. The van der Waals surface area contributed by atoms with Gasteiger partial charge < -0.3 is 0 Å². The lowest BCUT2D eigenvalue weighted by Crippen LogP contribution is -3.70. The van der Waals surface area contributed by atoms with Crippen LogP contribution in [0.5, 0.6) is 0 Å². The summed E-state index contributed by atoms with van der Waals surface area (Å²) in [4.78, 5) is 0. The second-order valence-corrected chi connectivity index (χ2v) is 42.5. The molecule has 0 aromatic rings. The molecule has 41 saturated carbocycles. The fourth-order valence-corrected chi connectivity index (χ4v) is 69.9. The molecular formula is C69H58. The van der Waals surface area contributed by atoms with Crippen LogP contribution in [0.4, 0.5) is 0 Å². The van der Waals surface area contributed by atoms with E-state index in [9.17, 15) is 0 Å². The van der Waals surface area contributed by atoms with Gasteiger partial charge in [-0.25, -0.2) is 0 Å². The molecule has 69 heavy (non-hydrogen) atoms. The van der Waals surface area contributed by atoms with Crippen LogP contribution in [0.1, 0.15) is 93.9 Å². The molecule has 0 radical (unpaired) electrons. The van der Waals surface area contributed by atoms with Gasteiger partial charge in [0, 0.05) is 0 Å². The topological polar surface area (TPSA) is 0 Å². The zero-order valence-corrected chi connectivity index (χ0v) is 41.4. The molecule has 46 unspecified atom stereocenters. The van der Waals surface area contributed by atoms with Gasteiger partial charge in [0.05, 0.1) is 0 Å². The van der Waals surface area contributed by atoms with Crippen LogP contribution in [0, 0.1) is 309 Å². The van der Waals surface area contributed by atoms with E-state index in [1.165, 1.54) is 107 Å². The van der Waals surface area contributed by atoms with E-state index in [-0.39, 0.29) is 0 Å². The smallest absolute Gasteiger partial charge is 0.0000605 e. The molecule has 0 N–H and O–H groups in total. The molecule has 41 fully saturated rings. The van der Waals surface area contributed by atoms with Crippen molar-refractivity contribution in [1.29, 1.82) is 0 Å². The monoisotopic (exact) mass is 886 g/mol. The van der Waals surface area contributed by atoms with Crippen molar-refractivity contribution >= 4 is 0 Å². The Morgan fingerprint density at radius 3 is 1.96 bits per heavy atom. The lowest BCUT2D eigenvalue weighted by atomic mass is 8.31. The maximum absolute atomic E-state index is 3.33. The largest absolute Gasteiger partial charge is 0.0651 e. The molecule has 0 aromatic carbocycles. The minimum absolute atomic E-state index is 0.676. The fourth-order valence-electron chi connectivity index (χ4n) is 69.9. The molecule has 41 aliphatic carbocycles. The highest BCUT2D eigenvalue weighted by molar-refractivity contribution is 6.18. The average molecular weight is 887 g/mol. The van der Waals surface area contributed by atoms with Crippen molar-refractivity contribution in [3.63, 3.8) is 0 Å². The Morgan fingerprint density at radius 1 is 0.420 bits per heavy atom. The molecule has 0 bridgehead atoms. The van der Waals surface area contributed by atoms with Gasteiger partial charge >= 0.3 is 0 Å². The van der Waals surface area contributed by atoms with Crippen molar-refractivity contribution < 1.29 is 0 Å². The van der Waals surface area contributed by atoms with Gasteiger partial charge in [-0.3, -0.25) is 0 Å². The Kier molecular flexibility index (Phi) is 1.63. The van der Waals surface area contributed by atoms with E-state index in [0.29, 0.717) is 21.7 Å². The molecular weight excluding hydrogens is 829 g/mol. The molecule has 334 valence electrons. The zero-order valence-electron chi connectivity index (χ0n) is 41.4. The lowest BCUT2D eigenvalue weighted by Gasteiger charge is -3.71. The Balaban J connectivity index is 0.792. The summed E-state index contributed by atoms with van der Waals surface area (Å²) in [5.74, 6) is 28.2. The Hall–Kier alpha value is 0. The predicted octanol–water partition coefficient (Wildman–Crippen LogP) is 9.15. The van der Waals surface area contributed by atoms with Gasteiger partial charge in [0.2, 0.25) is 0 Å². The van der Waals surface area contributed by atoms with E-state index in [1.54, 1.807) is 19.3 Å². The van der Waals surface area contributed by atoms with Gasteiger partial charge in [-0.2, -0.15) is 0 Å². The highest BCUT2D eigenvalue weighted by Gasteiger charge is 3.75. The van der Waals surface area contributed by atoms with Gasteiger partial charge in [0.15, 0.2) is 0 Å². The van der Waals surface area contributed by atoms with Crippen LogP contribution < -0.4 is 0 Å². The lowest BCUT2D eigenvalue weighted by molar-refractivity contribution is -1.27. The Bertz CT molecular complexity index is 4360. The summed E-state index contributed by atoms with van der Waals surface area (Å²) in [6.07, 6.45) is 10.7. The van der Waals surface area contributed by atoms with E-state index < -0.39 is 0 Å². The minimum atomic E-state index is 0.676. The molecule has 0 amide bonds. The second kappa shape index (κ2) is 4.19. The number of fused-ring (bicyclic) bond motifs is 10. The first-order valence-electron chi connectivity index (χ1n) is 33.5. The molecule has 0 aliphatic heterocycles. The van der Waals surface area contributed by atoms with Crippen LogP contribution in [-0.2, 0) is 0 Å². The summed E-state index contributed by atoms with van der Waals surface area (Å²) >= 11 is 0. The fraction of sp³-hybridized carbons (Fsp3) is 1.00. The number of hydrogen-bond acceptors (Lipinski definition) is 0. The number of hydrogen-bond donors (Lipinski definition) is 0. The first-order valence-corrected chi connectivity index (χ1v) is 33.5. The highest BCUT2D eigenvalue weighted by Crippen LogP contribution is 3.75. The summed E-state index contributed by atoms with van der Waals surface area (Å²) in [7, 11) is 0. The average Bonchev–Trinajstić information content (AvgIpc) is 0.746. The first kappa shape index (κ1) is 26.9. The van der Waals surface area contributed by atoms with Crippen molar-refractivity contribution in [2.45, 2.75) is 93.9 Å². The minimum Gasteiger partial charge on any atom is -0.0651 e. The van der Waals surface area contributed by atoms with Gasteiger partial charge in [0.1, 0.15) is 0 Å². The van der Waals surface area contributed by atoms with Crippen LogP contribution in [-0.4, -0.2) is 0 Å². The van der Waals surface area contributed by atoms with Crippen LogP contribution in [0.2, 0.25) is 0 Å². The summed E-state index contributed by atoms with van der Waals surface area (Å²) in [6, 6.07) is 0. The quantitative estimate of drug-likeness (QED) is 0.247. The molecule has 0 heterocycles. The van der Waals surface area contributed by atoms with E-state index in [2.05, 4.69) is 55.4 Å². The molecule has 41 aliphatic rings.